The SMILES string of the molecule is [Ag].c1ccc(-c2cccnc2-c2ccccn2)nc1. The average molecular weight is 341 g/mol. The molecule has 0 aliphatic carbocycles. The van der Waals surface area contributed by atoms with Gasteiger partial charge in [0.2, 0.25) is 0 Å². The van der Waals surface area contributed by atoms with E-state index in [2.05, 4.69) is 15.0 Å². The molecule has 97 valence electrons. The summed E-state index contributed by atoms with van der Waals surface area (Å²) in [7, 11) is 0. The Labute approximate surface area is 127 Å². The minimum Gasteiger partial charge on any atom is -0.256 e. The molecule has 0 aromatic carbocycles. The Bertz CT molecular complexity index is 583. The van der Waals surface area contributed by atoms with Crippen molar-refractivity contribution < 1.29 is 22.4 Å². The fourth-order valence-electron chi connectivity index (χ4n) is 1.84. The topological polar surface area (TPSA) is 38.7 Å². The predicted molar refractivity (Wildman–Crippen MR) is 70.7 cm³/mol. The molecule has 0 spiro atoms. The summed E-state index contributed by atoms with van der Waals surface area (Å²) in [5.41, 5.74) is 3.62. The van der Waals surface area contributed by atoms with Gasteiger partial charge in [-0.15, -0.1) is 0 Å². The quantitative estimate of drug-likeness (QED) is 0.672. The maximum atomic E-state index is 4.42. The second kappa shape index (κ2) is 6.38. The molecule has 0 saturated heterocycles. The number of nitrogens with zero attached hydrogens (tertiary/aromatic N) is 3. The molecular weight excluding hydrogens is 330 g/mol. The predicted octanol–water partition coefficient (Wildman–Crippen LogP) is 3.20. The molecule has 0 unspecified atom stereocenters. The Morgan fingerprint density at radius 2 is 1.21 bits per heavy atom. The Kier molecular flexibility index (Phi) is 4.58. The van der Waals surface area contributed by atoms with Crippen LogP contribution in [0.1, 0.15) is 0 Å². The third-order valence-corrected chi connectivity index (χ3v) is 2.66. The van der Waals surface area contributed by atoms with Crippen molar-refractivity contribution in [3.8, 4) is 22.6 Å². The molecule has 3 aromatic heterocycles. The van der Waals surface area contributed by atoms with Crippen molar-refractivity contribution in [1.82, 2.24) is 15.0 Å². The summed E-state index contributed by atoms with van der Waals surface area (Å²) < 4.78 is 0. The maximum Gasteiger partial charge on any atom is 0.0980 e. The van der Waals surface area contributed by atoms with E-state index in [-0.39, 0.29) is 22.4 Å². The van der Waals surface area contributed by atoms with Gasteiger partial charge in [0.25, 0.3) is 0 Å². The zero-order chi connectivity index (χ0) is 12.2. The van der Waals surface area contributed by atoms with Crippen LogP contribution in [-0.4, -0.2) is 15.0 Å². The molecule has 0 aliphatic heterocycles. The van der Waals surface area contributed by atoms with Gasteiger partial charge in [0.1, 0.15) is 0 Å². The molecule has 0 atom stereocenters. The first kappa shape index (κ1) is 13.6. The van der Waals surface area contributed by atoms with E-state index in [1.54, 1.807) is 18.6 Å². The van der Waals surface area contributed by atoms with E-state index in [0.717, 1.165) is 22.6 Å². The van der Waals surface area contributed by atoms with Gasteiger partial charge in [0, 0.05) is 46.5 Å². The van der Waals surface area contributed by atoms with E-state index >= 15 is 0 Å². The van der Waals surface area contributed by atoms with Crippen LogP contribution in [0.15, 0.2) is 67.1 Å². The van der Waals surface area contributed by atoms with E-state index in [4.69, 9.17) is 0 Å². The van der Waals surface area contributed by atoms with Crippen molar-refractivity contribution in [2.45, 2.75) is 0 Å². The monoisotopic (exact) mass is 340 g/mol. The van der Waals surface area contributed by atoms with Crippen LogP contribution in [0.25, 0.3) is 22.6 Å². The Morgan fingerprint density at radius 3 is 1.84 bits per heavy atom. The molecule has 3 rings (SSSR count). The zero-order valence-electron chi connectivity index (χ0n) is 9.99. The van der Waals surface area contributed by atoms with Crippen molar-refractivity contribution in [1.29, 1.82) is 0 Å². The molecule has 0 N–H and O–H groups in total. The van der Waals surface area contributed by atoms with Crippen molar-refractivity contribution in [2.75, 3.05) is 0 Å². The summed E-state index contributed by atoms with van der Waals surface area (Å²) in [6.45, 7) is 0. The summed E-state index contributed by atoms with van der Waals surface area (Å²) in [5, 5.41) is 0. The molecule has 19 heavy (non-hydrogen) atoms. The van der Waals surface area contributed by atoms with E-state index in [1.165, 1.54) is 0 Å². The van der Waals surface area contributed by atoms with Crippen molar-refractivity contribution in [3.05, 3.63) is 67.1 Å². The van der Waals surface area contributed by atoms with Crippen LogP contribution in [-0.2, 0) is 22.4 Å². The number of rotatable bonds is 2. The smallest absolute Gasteiger partial charge is 0.0980 e. The Morgan fingerprint density at radius 1 is 0.579 bits per heavy atom. The average Bonchev–Trinajstić information content (AvgIpc) is 2.49. The van der Waals surface area contributed by atoms with Gasteiger partial charge < -0.3 is 0 Å². The maximum absolute atomic E-state index is 4.42. The third-order valence-electron chi connectivity index (χ3n) is 2.66. The van der Waals surface area contributed by atoms with Gasteiger partial charge in [-0.25, -0.2) is 0 Å². The number of hydrogen-bond acceptors (Lipinski definition) is 3. The summed E-state index contributed by atoms with van der Waals surface area (Å²) in [4.78, 5) is 13.1. The Hall–Kier alpha value is -1.81. The van der Waals surface area contributed by atoms with Crippen LogP contribution in [0.4, 0.5) is 0 Å². The van der Waals surface area contributed by atoms with Gasteiger partial charge in [0.05, 0.1) is 17.1 Å². The van der Waals surface area contributed by atoms with E-state index < -0.39 is 0 Å². The number of hydrogen-bond donors (Lipinski definition) is 0. The van der Waals surface area contributed by atoms with Crippen LogP contribution >= 0.6 is 0 Å². The van der Waals surface area contributed by atoms with E-state index in [9.17, 15) is 0 Å². The molecule has 0 bridgehead atoms. The van der Waals surface area contributed by atoms with Gasteiger partial charge in [-0.3, -0.25) is 15.0 Å². The van der Waals surface area contributed by atoms with Gasteiger partial charge in [-0.2, -0.15) is 0 Å². The van der Waals surface area contributed by atoms with Crippen molar-refractivity contribution in [2.24, 2.45) is 0 Å². The molecule has 3 heterocycles. The van der Waals surface area contributed by atoms with Crippen LogP contribution in [0.2, 0.25) is 0 Å². The zero-order valence-corrected chi connectivity index (χ0v) is 11.5. The van der Waals surface area contributed by atoms with Crippen LogP contribution in [0.3, 0.4) is 0 Å². The largest absolute Gasteiger partial charge is 0.256 e. The van der Waals surface area contributed by atoms with Gasteiger partial charge >= 0.3 is 0 Å². The molecule has 0 saturated carbocycles. The van der Waals surface area contributed by atoms with Crippen LogP contribution < -0.4 is 0 Å². The second-order valence-electron chi connectivity index (χ2n) is 3.83. The molecule has 1 radical (unpaired) electrons. The number of pyridine rings is 3. The minimum atomic E-state index is 0. The second-order valence-corrected chi connectivity index (χ2v) is 3.83. The summed E-state index contributed by atoms with van der Waals surface area (Å²) in [6.07, 6.45) is 5.33. The molecule has 0 amide bonds. The first-order valence-corrected chi connectivity index (χ1v) is 5.73. The van der Waals surface area contributed by atoms with Crippen LogP contribution in [0.5, 0.6) is 0 Å². The molecule has 3 nitrogen and oxygen atoms in total. The van der Waals surface area contributed by atoms with Crippen LogP contribution in [0, 0.1) is 0 Å². The van der Waals surface area contributed by atoms with Gasteiger partial charge in [-0.1, -0.05) is 12.1 Å². The molecule has 4 heteroatoms. The molecular formula is C15H11AgN3. The standard InChI is InChI=1S/C15H11N3.Ag/c1-3-9-16-13(7-1)12-6-5-11-18-15(12)14-8-2-4-10-17-14;/h1-11H;. The van der Waals surface area contributed by atoms with E-state index in [0.29, 0.717) is 0 Å². The van der Waals surface area contributed by atoms with Gasteiger partial charge in [-0.05, 0) is 36.4 Å². The normalized spacial score (nSPS) is 9.68. The molecule has 0 fully saturated rings. The van der Waals surface area contributed by atoms with Crippen molar-refractivity contribution in [3.63, 3.8) is 0 Å². The minimum absolute atomic E-state index is 0. The fourth-order valence-corrected chi connectivity index (χ4v) is 1.84. The summed E-state index contributed by atoms with van der Waals surface area (Å²) in [5.74, 6) is 0. The number of aromatic nitrogens is 3. The van der Waals surface area contributed by atoms with Crippen molar-refractivity contribution >= 4 is 0 Å². The van der Waals surface area contributed by atoms with Gasteiger partial charge in [0.15, 0.2) is 0 Å². The first-order chi connectivity index (χ1) is 8.95. The molecule has 0 aliphatic rings. The third kappa shape index (κ3) is 2.96. The summed E-state index contributed by atoms with van der Waals surface area (Å²) in [6, 6.07) is 15.6. The molecule has 3 aromatic rings. The summed E-state index contributed by atoms with van der Waals surface area (Å²) >= 11 is 0. The first-order valence-electron chi connectivity index (χ1n) is 5.73. The Balaban J connectivity index is 0.00000133. The fraction of sp³-hybridized carbons (Fsp3) is 0. The van der Waals surface area contributed by atoms with E-state index in [1.807, 2.05) is 48.5 Å².